The van der Waals surface area contributed by atoms with E-state index in [0.29, 0.717) is 43.4 Å². The predicted octanol–water partition coefficient (Wildman–Crippen LogP) is 2.70. The summed E-state index contributed by atoms with van der Waals surface area (Å²) in [6.45, 7) is 1.65. The molecule has 2 aromatic rings. The van der Waals surface area contributed by atoms with Gasteiger partial charge in [-0.1, -0.05) is 29.8 Å². The smallest absolute Gasteiger partial charge is 0.246 e. The summed E-state index contributed by atoms with van der Waals surface area (Å²) in [7, 11) is -2.31. The second-order valence-electron chi connectivity index (χ2n) is 6.60. The summed E-state index contributed by atoms with van der Waals surface area (Å²) in [5.74, 6) is -0.0378. The van der Waals surface area contributed by atoms with Gasteiger partial charge in [0.05, 0.1) is 20.3 Å². The molecule has 7 nitrogen and oxygen atoms in total. The van der Waals surface area contributed by atoms with E-state index >= 15 is 0 Å². The summed E-state index contributed by atoms with van der Waals surface area (Å²) in [6.07, 6.45) is 2.93. The zero-order valence-corrected chi connectivity index (χ0v) is 18.1. The Labute approximate surface area is 181 Å². The summed E-state index contributed by atoms with van der Waals surface area (Å²) in [5.41, 5.74) is 1.49. The second kappa shape index (κ2) is 10.1. The van der Waals surface area contributed by atoms with Gasteiger partial charge in [-0.3, -0.25) is 4.79 Å². The Morgan fingerprint density at radius 3 is 2.57 bits per heavy atom. The average molecular weight is 451 g/mol. The van der Waals surface area contributed by atoms with E-state index in [9.17, 15) is 13.2 Å². The molecule has 0 atom stereocenters. The summed E-state index contributed by atoms with van der Waals surface area (Å²) in [6, 6.07) is 12.0. The quantitative estimate of drug-likeness (QED) is 0.655. The minimum absolute atomic E-state index is 0.0654. The highest BCUT2D eigenvalue weighted by Gasteiger charge is 2.29. The lowest BCUT2D eigenvalue weighted by Crippen LogP contribution is -2.40. The molecule has 0 unspecified atom stereocenters. The van der Waals surface area contributed by atoms with Gasteiger partial charge >= 0.3 is 0 Å². The van der Waals surface area contributed by atoms with E-state index in [1.807, 2.05) is 12.1 Å². The van der Waals surface area contributed by atoms with Crippen molar-refractivity contribution in [2.24, 2.45) is 0 Å². The minimum Gasteiger partial charge on any atom is -0.495 e. The van der Waals surface area contributed by atoms with Gasteiger partial charge in [-0.05, 0) is 41.5 Å². The number of carbonyl (C=O) groups excluding carboxylic acids is 1. The highest BCUT2D eigenvalue weighted by molar-refractivity contribution is 7.89. The lowest BCUT2D eigenvalue weighted by molar-refractivity contribution is -0.116. The van der Waals surface area contributed by atoms with Gasteiger partial charge in [-0.2, -0.15) is 4.31 Å². The number of amides is 1. The lowest BCUT2D eigenvalue weighted by Gasteiger charge is -2.26. The first-order valence-corrected chi connectivity index (χ1v) is 11.2. The zero-order valence-electron chi connectivity index (χ0n) is 16.5. The predicted molar refractivity (Wildman–Crippen MR) is 115 cm³/mol. The van der Waals surface area contributed by atoms with Gasteiger partial charge in [0.1, 0.15) is 10.6 Å². The van der Waals surface area contributed by atoms with E-state index in [1.165, 1.54) is 23.6 Å². The first kappa shape index (κ1) is 22.3. The Balaban J connectivity index is 1.72. The van der Waals surface area contributed by atoms with Gasteiger partial charge in [-0.25, -0.2) is 8.42 Å². The maximum atomic E-state index is 13.0. The highest BCUT2D eigenvalue weighted by atomic mass is 35.5. The van der Waals surface area contributed by atoms with Crippen molar-refractivity contribution in [1.29, 1.82) is 0 Å². The number of hydrogen-bond acceptors (Lipinski definition) is 5. The number of morpholine rings is 1. The zero-order chi connectivity index (χ0) is 21.6. The molecule has 0 aliphatic carbocycles. The minimum atomic E-state index is -3.73. The fourth-order valence-corrected chi connectivity index (χ4v) is 4.67. The number of carbonyl (C=O) groups is 1. The van der Waals surface area contributed by atoms with Crippen molar-refractivity contribution in [2.75, 3.05) is 33.4 Å². The standard InChI is InChI=1S/C21H23ClN2O5S/c1-28-19-8-4-16(14-20(19)30(26,27)24-10-12-29-13-11-24)5-9-21(25)23-15-17-2-6-18(22)7-3-17/h2-9,14H,10-13,15H2,1H3,(H,23,25)/b9-5+. The van der Waals surface area contributed by atoms with Crippen LogP contribution in [0.15, 0.2) is 53.4 Å². The third kappa shape index (κ3) is 5.60. The van der Waals surface area contributed by atoms with Crippen LogP contribution in [0.2, 0.25) is 5.02 Å². The molecule has 0 aromatic heterocycles. The average Bonchev–Trinajstić information content (AvgIpc) is 2.77. The van der Waals surface area contributed by atoms with E-state index in [4.69, 9.17) is 21.1 Å². The van der Waals surface area contributed by atoms with E-state index < -0.39 is 10.0 Å². The number of benzene rings is 2. The molecule has 9 heteroatoms. The van der Waals surface area contributed by atoms with Crippen molar-refractivity contribution in [3.8, 4) is 5.75 Å². The van der Waals surface area contributed by atoms with Crippen LogP contribution < -0.4 is 10.1 Å². The van der Waals surface area contributed by atoms with Crippen molar-refractivity contribution in [2.45, 2.75) is 11.4 Å². The third-order valence-corrected chi connectivity index (χ3v) is 6.75. The van der Waals surface area contributed by atoms with Crippen molar-refractivity contribution in [3.63, 3.8) is 0 Å². The van der Waals surface area contributed by atoms with Crippen LogP contribution in [-0.2, 0) is 26.1 Å². The van der Waals surface area contributed by atoms with Crippen LogP contribution in [-0.4, -0.2) is 52.0 Å². The lowest BCUT2D eigenvalue weighted by atomic mass is 10.2. The molecule has 0 spiro atoms. The van der Waals surface area contributed by atoms with E-state index in [2.05, 4.69) is 5.32 Å². The van der Waals surface area contributed by atoms with Crippen LogP contribution in [0.3, 0.4) is 0 Å². The van der Waals surface area contributed by atoms with Gasteiger partial charge in [-0.15, -0.1) is 0 Å². The Bertz CT molecular complexity index is 1020. The molecular weight excluding hydrogens is 428 g/mol. The number of methoxy groups -OCH3 is 1. The topological polar surface area (TPSA) is 84.9 Å². The second-order valence-corrected chi connectivity index (χ2v) is 8.95. The number of nitrogens with one attached hydrogen (secondary N) is 1. The molecule has 1 aliphatic rings. The Kier molecular flexibility index (Phi) is 7.49. The normalized spacial score (nSPS) is 15.3. The van der Waals surface area contributed by atoms with Crippen LogP contribution >= 0.6 is 11.6 Å². The fraction of sp³-hybridized carbons (Fsp3) is 0.286. The SMILES string of the molecule is COc1ccc(/C=C/C(=O)NCc2ccc(Cl)cc2)cc1S(=O)(=O)N1CCOCC1. The molecule has 2 aromatic carbocycles. The maximum Gasteiger partial charge on any atom is 0.246 e. The summed E-state index contributed by atoms with van der Waals surface area (Å²) in [4.78, 5) is 12.2. The molecular formula is C21H23ClN2O5S. The van der Waals surface area contributed by atoms with E-state index in [1.54, 1.807) is 30.3 Å². The maximum absolute atomic E-state index is 13.0. The first-order valence-electron chi connectivity index (χ1n) is 9.36. The number of sulfonamides is 1. The number of rotatable bonds is 7. The number of nitrogens with zero attached hydrogens (tertiary/aromatic N) is 1. The van der Waals surface area contributed by atoms with Gasteiger partial charge in [0.2, 0.25) is 15.9 Å². The summed E-state index contributed by atoms with van der Waals surface area (Å²) in [5, 5.41) is 3.41. The number of ether oxygens (including phenoxy) is 2. The Morgan fingerprint density at radius 1 is 1.20 bits per heavy atom. The highest BCUT2D eigenvalue weighted by Crippen LogP contribution is 2.28. The third-order valence-electron chi connectivity index (χ3n) is 4.58. The van der Waals surface area contributed by atoms with Crippen LogP contribution in [0.25, 0.3) is 6.08 Å². The van der Waals surface area contributed by atoms with Crippen molar-refractivity contribution in [1.82, 2.24) is 9.62 Å². The van der Waals surface area contributed by atoms with Gasteiger partial charge < -0.3 is 14.8 Å². The van der Waals surface area contributed by atoms with E-state index in [0.717, 1.165) is 5.56 Å². The van der Waals surface area contributed by atoms with Gasteiger partial charge in [0.15, 0.2) is 0 Å². The largest absolute Gasteiger partial charge is 0.495 e. The first-order chi connectivity index (χ1) is 14.4. The van der Waals surface area contributed by atoms with Crippen molar-refractivity contribution >= 4 is 33.6 Å². The molecule has 1 heterocycles. The van der Waals surface area contributed by atoms with Crippen molar-refractivity contribution < 1.29 is 22.7 Å². The number of halogens is 1. The molecule has 1 saturated heterocycles. The molecule has 160 valence electrons. The molecule has 0 bridgehead atoms. The molecule has 0 radical (unpaired) electrons. The Morgan fingerprint density at radius 2 is 1.90 bits per heavy atom. The molecule has 1 fully saturated rings. The van der Waals surface area contributed by atoms with Crippen LogP contribution in [0.4, 0.5) is 0 Å². The van der Waals surface area contributed by atoms with Crippen LogP contribution in [0.1, 0.15) is 11.1 Å². The van der Waals surface area contributed by atoms with Gasteiger partial charge in [0.25, 0.3) is 0 Å². The van der Waals surface area contributed by atoms with Crippen LogP contribution in [0, 0.1) is 0 Å². The molecule has 0 saturated carbocycles. The molecule has 1 N–H and O–H groups in total. The summed E-state index contributed by atoms with van der Waals surface area (Å²) < 4.78 is 37.9. The fourth-order valence-electron chi connectivity index (χ4n) is 2.95. The van der Waals surface area contributed by atoms with Crippen LogP contribution in [0.5, 0.6) is 5.75 Å². The molecule has 30 heavy (non-hydrogen) atoms. The Hall–Kier alpha value is -2.39. The number of hydrogen-bond donors (Lipinski definition) is 1. The molecule has 1 aliphatic heterocycles. The summed E-state index contributed by atoms with van der Waals surface area (Å²) >= 11 is 5.85. The molecule has 3 rings (SSSR count). The van der Waals surface area contributed by atoms with Gasteiger partial charge in [0, 0.05) is 30.7 Å². The van der Waals surface area contributed by atoms with Crippen molar-refractivity contribution in [3.05, 3.63) is 64.7 Å². The molecule has 1 amide bonds. The monoisotopic (exact) mass is 450 g/mol. The van der Waals surface area contributed by atoms with E-state index in [-0.39, 0.29) is 16.6 Å².